The highest BCUT2D eigenvalue weighted by molar-refractivity contribution is 8.24. The maximum absolute atomic E-state index is 12.3. The lowest BCUT2D eigenvalue weighted by molar-refractivity contribution is 0.102. The molecule has 0 radical (unpaired) electrons. The van der Waals surface area contributed by atoms with Crippen LogP contribution >= 0.6 is 35.6 Å². The molecule has 0 spiro atoms. The van der Waals surface area contributed by atoms with Gasteiger partial charge in [0.2, 0.25) is 0 Å². The number of halogens is 1. The van der Waals surface area contributed by atoms with Crippen LogP contribution in [0.4, 0.5) is 0 Å². The zero-order valence-electron chi connectivity index (χ0n) is 12.8. The number of aryl methyl sites for hydroxylation is 1. The second-order valence-electron chi connectivity index (χ2n) is 5.28. The van der Waals surface area contributed by atoms with E-state index >= 15 is 0 Å². The van der Waals surface area contributed by atoms with Crippen LogP contribution < -0.4 is 0 Å². The van der Waals surface area contributed by atoms with Crippen molar-refractivity contribution in [3.63, 3.8) is 0 Å². The van der Waals surface area contributed by atoms with Gasteiger partial charge in [0.25, 0.3) is 0 Å². The fraction of sp³-hybridized carbons (Fsp3) is 0.111. The number of aromatic nitrogens is 1. The first kappa shape index (κ1) is 17.0. The summed E-state index contributed by atoms with van der Waals surface area (Å²) >= 11 is 12.5. The zero-order valence-corrected chi connectivity index (χ0v) is 15.2. The first-order chi connectivity index (χ1) is 11.5. The third-order valence-electron chi connectivity index (χ3n) is 3.76. The predicted molar refractivity (Wildman–Crippen MR) is 104 cm³/mol. The Balaban J connectivity index is 1.80. The third kappa shape index (κ3) is 3.20. The Labute approximate surface area is 154 Å². The molecule has 0 saturated heterocycles. The molecule has 6 heteroatoms. The number of benzene rings is 1. The molecule has 0 amide bonds. The van der Waals surface area contributed by atoms with Crippen LogP contribution in [0.1, 0.15) is 21.6 Å². The Kier molecular flexibility index (Phi) is 4.94. The van der Waals surface area contributed by atoms with Gasteiger partial charge in [-0.2, -0.15) is 0 Å². The summed E-state index contributed by atoms with van der Waals surface area (Å²) in [4.78, 5) is 12.3. The van der Waals surface area contributed by atoms with Crippen LogP contribution in [0, 0.1) is 6.92 Å². The molecule has 0 aliphatic heterocycles. The van der Waals surface area contributed by atoms with Gasteiger partial charge in [-0.3, -0.25) is 4.79 Å². The van der Waals surface area contributed by atoms with Gasteiger partial charge < -0.3 is 9.51 Å². The van der Waals surface area contributed by atoms with Crippen LogP contribution in [0.2, 0.25) is 5.02 Å². The topological polar surface area (TPSA) is 41.7 Å². The molecule has 0 saturated carbocycles. The molecule has 0 atom stereocenters. The molecule has 24 heavy (non-hydrogen) atoms. The van der Waals surface area contributed by atoms with E-state index < -0.39 is 0 Å². The first-order valence-electron chi connectivity index (χ1n) is 7.23. The van der Waals surface area contributed by atoms with Crippen LogP contribution in [-0.2, 0) is 0 Å². The molecule has 3 rings (SSSR count). The largest absolute Gasteiger partial charge is 0.505 e. The summed E-state index contributed by atoms with van der Waals surface area (Å²) < 4.78 is 2.34. The zero-order chi connectivity index (χ0) is 17.3. The number of ketones is 1. The van der Waals surface area contributed by atoms with E-state index in [0.29, 0.717) is 20.5 Å². The van der Waals surface area contributed by atoms with Gasteiger partial charge in [-0.05, 0) is 43.3 Å². The molecule has 2 heterocycles. The van der Waals surface area contributed by atoms with Crippen molar-refractivity contribution in [3.05, 3.63) is 70.5 Å². The van der Waals surface area contributed by atoms with Gasteiger partial charge in [-0.25, -0.2) is 0 Å². The van der Waals surface area contributed by atoms with Crippen molar-refractivity contribution in [3.8, 4) is 5.75 Å². The molecule has 0 unspecified atom stereocenters. The number of hydrogen-bond acceptors (Lipinski definition) is 4. The smallest absolute Gasteiger partial charge is 0.173 e. The lowest BCUT2D eigenvalue weighted by atomic mass is 10.1. The fourth-order valence-electron chi connectivity index (χ4n) is 2.47. The molecule has 3 nitrogen and oxygen atoms in total. The summed E-state index contributed by atoms with van der Waals surface area (Å²) in [7, 11) is 0. The number of thiocarbonyl (C=S) groups is 1. The van der Waals surface area contributed by atoms with Crippen LogP contribution in [0.15, 0.2) is 48.7 Å². The van der Waals surface area contributed by atoms with E-state index in [1.807, 2.05) is 35.7 Å². The van der Waals surface area contributed by atoms with Gasteiger partial charge >= 0.3 is 0 Å². The number of carbonyl (C=O) groups is 1. The number of rotatable bonds is 4. The Morgan fingerprint density at radius 1 is 1.25 bits per heavy atom. The minimum atomic E-state index is -0.0314. The normalized spacial score (nSPS) is 10.9. The SMILES string of the molecule is Cc1c(O)c(C(=S)SCC(=O)c2ccc(Cl)cc2)n2ccccc12. The quantitative estimate of drug-likeness (QED) is 0.520. The van der Waals surface area contributed by atoms with Crippen molar-refractivity contribution in [2.24, 2.45) is 0 Å². The minimum Gasteiger partial charge on any atom is -0.505 e. The Bertz CT molecular complexity index is 932. The number of hydrogen-bond donors (Lipinski definition) is 1. The van der Waals surface area contributed by atoms with Crippen molar-refractivity contribution < 1.29 is 9.90 Å². The van der Waals surface area contributed by atoms with Crippen molar-refractivity contribution in [2.75, 3.05) is 5.75 Å². The lowest BCUT2D eigenvalue weighted by Gasteiger charge is -2.05. The fourth-order valence-corrected chi connectivity index (χ4v) is 3.73. The molecule has 0 aliphatic carbocycles. The summed E-state index contributed by atoms with van der Waals surface area (Å²) in [6, 6.07) is 12.5. The summed E-state index contributed by atoms with van der Waals surface area (Å²) in [5.74, 6) is 0.340. The van der Waals surface area contributed by atoms with E-state index in [2.05, 4.69) is 0 Å². The molecule has 0 fully saturated rings. The number of carbonyl (C=O) groups excluding carboxylic acids is 1. The summed E-state index contributed by atoms with van der Waals surface area (Å²) in [6.07, 6.45) is 1.85. The molecule has 0 aliphatic rings. The van der Waals surface area contributed by atoms with E-state index in [-0.39, 0.29) is 17.3 Å². The van der Waals surface area contributed by atoms with Gasteiger partial charge in [0.15, 0.2) is 5.78 Å². The van der Waals surface area contributed by atoms with Gasteiger partial charge in [-0.15, -0.1) is 11.8 Å². The molecule has 122 valence electrons. The average molecular weight is 376 g/mol. The number of thioether (sulfide) groups is 1. The van der Waals surface area contributed by atoms with Gasteiger partial charge in [0, 0.05) is 22.3 Å². The van der Waals surface area contributed by atoms with Gasteiger partial charge in [-0.1, -0.05) is 29.9 Å². The number of fused-ring (bicyclic) bond motifs is 1. The van der Waals surface area contributed by atoms with Crippen LogP contribution in [0.5, 0.6) is 5.75 Å². The van der Waals surface area contributed by atoms with Gasteiger partial charge in [0.1, 0.15) is 11.4 Å². The van der Waals surface area contributed by atoms with E-state index in [1.165, 1.54) is 11.8 Å². The molecular weight excluding hydrogens is 362 g/mol. The average Bonchev–Trinajstić information content (AvgIpc) is 2.85. The van der Waals surface area contributed by atoms with Crippen LogP contribution in [0.25, 0.3) is 5.52 Å². The summed E-state index contributed by atoms with van der Waals surface area (Å²) in [6.45, 7) is 1.85. The predicted octanol–water partition coefficient (Wildman–Crippen LogP) is 4.90. The number of pyridine rings is 1. The van der Waals surface area contributed by atoms with Gasteiger partial charge in [0.05, 0.1) is 15.5 Å². The second kappa shape index (κ2) is 6.97. The van der Waals surface area contributed by atoms with Crippen LogP contribution in [0.3, 0.4) is 0 Å². The molecule has 1 aromatic carbocycles. The Morgan fingerprint density at radius 2 is 1.96 bits per heavy atom. The lowest BCUT2D eigenvalue weighted by Crippen LogP contribution is -2.06. The third-order valence-corrected chi connectivity index (χ3v) is 5.42. The Morgan fingerprint density at radius 3 is 2.67 bits per heavy atom. The monoisotopic (exact) mass is 375 g/mol. The standard InChI is InChI=1S/C18H14ClNO2S2/c1-11-14-4-2-3-9-20(14)16(17(11)22)18(23)24-10-15(21)12-5-7-13(19)8-6-12/h2-9,22H,10H2,1H3. The summed E-state index contributed by atoms with van der Waals surface area (Å²) in [5, 5.41) is 11.0. The molecular formula is C18H14ClNO2S2. The molecule has 0 bridgehead atoms. The van der Waals surface area contributed by atoms with Crippen molar-refractivity contribution in [2.45, 2.75) is 6.92 Å². The van der Waals surface area contributed by atoms with E-state index in [9.17, 15) is 9.90 Å². The highest BCUT2D eigenvalue weighted by Crippen LogP contribution is 2.32. The van der Waals surface area contributed by atoms with E-state index in [4.69, 9.17) is 23.8 Å². The van der Waals surface area contributed by atoms with E-state index in [1.54, 1.807) is 24.3 Å². The minimum absolute atomic E-state index is 0.0314. The van der Waals surface area contributed by atoms with Crippen molar-refractivity contribution >= 4 is 51.1 Å². The highest BCUT2D eigenvalue weighted by atomic mass is 35.5. The molecule has 1 N–H and O–H groups in total. The van der Waals surface area contributed by atoms with Crippen molar-refractivity contribution in [1.82, 2.24) is 4.40 Å². The maximum atomic E-state index is 12.3. The highest BCUT2D eigenvalue weighted by Gasteiger charge is 2.19. The number of nitrogens with zero attached hydrogens (tertiary/aromatic N) is 1. The van der Waals surface area contributed by atoms with E-state index in [0.717, 1.165) is 11.1 Å². The maximum Gasteiger partial charge on any atom is 0.173 e. The number of aromatic hydroxyl groups is 1. The number of Topliss-reactive ketones (excluding diaryl/α,β-unsaturated/α-hetero) is 1. The molecule has 2 aromatic heterocycles. The van der Waals surface area contributed by atoms with Crippen molar-refractivity contribution in [1.29, 1.82) is 0 Å². The Hall–Kier alpha value is -1.82. The molecule has 3 aromatic rings. The summed E-state index contributed by atoms with van der Waals surface area (Å²) in [5.41, 5.74) is 2.83. The van der Waals surface area contributed by atoms with Crippen LogP contribution in [-0.4, -0.2) is 25.2 Å². The second-order valence-corrected chi connectivity index (χ2v) is 7.37. The first-order valence-corrected chi connectivity index (χ1v) is 9.00.